The van der Waals surface area contributed by atoms with Crippen LogP contribution in [0.3, 0.4) is 0 Å². The van der Waals surface area contributed by atoms with E-state index in [-0.39, 0.29) is 11.7 Å². The van der Waals surface area contributed by atoms with Crippen molar-refractivity contribution in [2.24, 2.45) is 0 Å². The zero-order valence-electron chi connectivity index (χ0n) is 14.6. The van der Waals surface area contributed by atoms with Gasteiger partial charge in [-0.25, -0.2) is 4.98 Å². The number of anilines is 1. The lowest BCUT2D eigenvalue weighted by Crippen LogP contribution is -2.24. The average molecular weight is 404 g/mol. The molecule has 0 aliphatic heterocycles. The number of rotatable bonds is 7. The van der Waals surface area contributed by atoms with Gasteiger partial charge in [0.2, 0.25) is 0 Å². The maximum atomic E-state index is 12.3. The van der Waals surface area contributed by atoms with Crippen LogP contribution < -0.4 is 15.8 Å². The highest BCUT2D eigenvalue weighted by Crippen LogP contribution is 2.30. The molecule has 0 unspecified atom stereocenters. The van der Waals surface area contributed by atoms with Crippen LogP contribution in [0.15, 0.2) is 48.5 Å². The molecule has 6 nitrogen and oxygen atoms in total. The minimum Gasteiger partial charge on any atom is -0.447 e. The fourth-order valence-electron chi connectivity index (χ4n) is 2.35. The summed E-state index contributed by atoms with van der Waals surface area (Å²) >= 11 is 7.39. The highest BCUT2D eigenvalue weighted by Gasteiger charge is 2.12. The number of nitrogens with zero attached hydrogens (tertiary/aromatic N) is 1. The van der Waals surface area contributed by atoms with E-state index in [0.29, 0.717) is 40.2 Å². The monoisotopic (exact) mass is 403 g/mol. The zero-order chi connectivity index (χ0) is 19.2. The van der Waals surface area contributed by atoms with Gasteiger partial charge in [-0.3, -0.25) is 4.79 Å². The van der Waals surface area contributed by atoms with E-state index in [4.69, 9.17) is 26.8 Å². The summed E-state index contributed by atoms with van der Waals surface area (Å²) in [6, 6.07) is 14.3. The molecule has 2 aromatic heterocycles. The molecule has 0 aliphatic carbocycles. The summed E-state index contributed by atoms with van der Waals surface area (Å²) in [6.07, 6.45) is 0. The molecule has 1 aromatic carbocycles. The van der Waals surface area contributed by atoms with Crippen LogP contribution in [-0.2, 0) is 17.9 Å². The summed E-state index contributed by atoms with van der Waals surface area (Å²) in [4.78, 5) is 17.4. The lowest BCUT2D eigenvalue weighted by Gasteiger charge is -2.07. The molecule has 0 atom stereocenters. The number of thiophene rings is 1. The number of nitrogen functional groups attached to an aromatic ring is 1. The van der Waals surface area contributed by atoms with Crippen LogP contribution in [0.5, 0.6) is 10.8 Å². The number of benzene rings is 1. The lowest BCUT2D eigenvalue weighted by molar-refractivity contribution is 0.0951. The Morgan fingerprint density at radius 1 is 1.26 bits per heavy atom. The van der Waals surface area contributed by atoms with Crippen LogP contribution in [0.25, 0.3) is 0 Å². The van der Waals surface area contributed by atoms with Gasteiger partial charge in [-0.1, -0.05) is 17.7 Å². The Hall–Kier alpha value is -2.61. The first-order valence-electron chi connectivity index (χ1n) is 8.10. The SMILES string of the molecule is COCc1ccc(C(=O)NCc2ccc(Oc3cccc(Cl)c3)s2)c(N)n1. The molecule has 27 heavy (non-hydrogen) atoms. The van der Waals surface area contributed by atoms with Crippen LogP contribution in [-0.4, -0.2) is 18.0 Å². The Morgan fingerprint density at radius 2 is 2.11 bits per heavy atom. The third kappa shape index (κ3) is 5.19. The van der Waals surface area contributed by atoms with Gasteiger partial charge in [-0.05, 0) is 42.5 Å². The summed E-state index contributed by atoms with van der Waals surface area (Å²) in [5.74, 6) is 0.558. The average Bonchev–Trinajstić information content (AvgIpc) is 3.07. The van der Waals surface area contributed by atoms with E-state index >= 15 is 0 Å². The van der Waals surface area contributed by atoms with Crippen molar-refractivity contribution in [1.82, 2.24) is 10.3 Å². The summed E-state index contributed by atoms with van der Waals surface area (Å²) in [7, 11) is 1.57. The zero-order valence-corrected chi connectivity index (χ0v) is 16.1. The van der Waals surface area contributed by atoms with Crippen molar-refractivity contribution >= 4 is 34.7 Å². The summed E-state index contributed by atoms with van der Waals surface area (Å²) < 4.78 is 10.8. The molecule has 0 fully saturated rings. The van der Waals surface area contributed by atoms with Crippen molar-refractivity contribution in [1.29, 1.82) is 0 Å². The van der Waals surface area contributed by atoms with Crippen molar-refractivity contribution < 1.29 is 14.3 Å². The number of nitrogens with one attached hydrogen (secondary N) is 1. The molecule has 0 radical (unpaired) electrons. The molecule has 0 spiro atoms. The molecule has 0 saturated heterocycles. The van der Waals surface area contributed by atoms with Crippen LogP contribution in [0.4, 0.5) is 5.82 Å². The Kier molecular flexibility index (Phi) is 6.28. The molecule has 0 saturated carbocycles. The maximum Gasteiger partial charge on any atom is 0.255 e. The second kappa shape index (κ2) is 8.85. The molecule has 8 heteroatoms. The molecule has 3 aromatic rings. The molecule has 0 aliphatic rings. The number of hydrogen-bond donors (Lipinski definition) is 2. The summed E-state index contributed by atoms with van der Waals surface area (Å²) in [6.45, 7) is 0.707. The fraction of sp³-hybridized carbons (Fsp3) is 0.158. The van der Waals surface area contributed by atoms with Gasteiger partial charge in [0.25, 0.3) is 5.91 Å². The van der Waals surface area contributed by atoms with Gasteiger partial charge in [0, 0.05) is 17.0 Å². The number of halogens is 1. The van der Waals surface area contributed by atoms with E-state index < -0.39 is 0 Å². The number of carbonyl (C=O) groups excluding carboxylic acids is 1. The second-order valence-corrected chi connectivity index (χ2v) is 7.20. The normalized spacial score (nSPS) is 10.6. The van der Waals surface area contributed by atoms with Crippen molar-refractivity contribution in [2.45, 2.75) is 13.2 Å². The number of ether oxygens (including phenoxy) is 2. The third-order valence-electron chi connectivity index (χ3n) is 3.59. The lowest BCUT2D eigenvalue weighted by atomic mass is 10.2. The first-order chi connectivity index (χ1) is 13.0. The van der Waals surface area contributed by atoms with Crippen molar-refractivity contribution in [3.63, 3.8) is 0 Å². The predicted molar refractivity (Wildman–Crippen MR) is 106 cm³/mol. The van der Waals surface area contributed by atoms with E-state index in [1.165, 1.54) is 11.3 Å². The first kappa shape index (κ1) is 19.2. The highest BCUT2D eigenvalue weighted by molar-refractivity contribution is 7.13. The van der Waals surface area contributed by atoms with Crippen LogP contribution in [0.2, 0.25) is 5.02 Å². The Morgan fingerprint density at radius 3 is 2.85 bits per heavy atom. The smallest absolute Gasteiger partial charge is 0.255 e. The highest BCUT2D eigenvalue weighted by atomic mass is 35.5. The predicted octanol–water partition coefficient (Wildman–Crippen LogP) is 4.25. The van der Waals surface area contributed by atoms with Gasteiger partial charge in [0.1, 0.15) is 11.6 Å². The van der Waals surface area contributed by atoms with Gasteiger partial charge >= 0.3 is 0 Å². The first-order valence-corrected chi connectivity index (χ1v) is 9.29. The minimum atomic E-state index is -0.283. The van der Waals surface area contributed by atoms with Crippen molar-refractivity contribution in [3.8, 4) is 10.8 Å². The molecule has 3 rings (SSSR count). The summed E-state index contributed by atoms with van der Waals surface area (Å²) in [5, 5.41) is 4.16. The number of carbonyl (C=O) groups is 1. The Labute approximate surface area is 165 Å². The maximum absolute atomic E-state index is 12.3. The molecule has 1 amide bonds. The van der Waals surface area contributed by atoms with E-state index in [0.717, 1.165) is 4.88 Å². The van der Waals surface area contributed by atoms with E-state index in [1.807, 2.05) is 24.3 Å². The van der Waals surface area contributed by atoms with E-state index in [2.05, 4.69) is 10.3 Å². The quantitative estimate of drug-likeness (QED) is 0.615. The third-order valence-corrected chi connectivity index (χ3v) is 4.79. The van der Waals surface area contributed by atoms with E-state index in [1.54, 1.807) is 31.4 Å². The summed E-state index contributed by atoms with van der Waals surface area (Å²) in [5.41, 5.74) is 6.88. The second-order valence-electron chi connectivity index (χ2n) is 5.63. The number of hydrogen-bond acceptors (Lipinski definition) is 6. The van der Waals surface area contributed by atoms with Gasteiger partial charge in [0.05, 0.1) is 24.4 Å². The van der Waals surface area contributed by atoms with Crippen molar-refractivity contribution in [3.05, 3.63) is 69.7 Å². The Balaban J connectivity index is 1.59. The number of nitrogens with two attached hydrogens (primary N) is 1. The number of amides is 1. The number of methoxy groups -OCH3 is 1. The number of aromatic nitrogens is 1. The van der Waals surface area contributed by atoms with Crippen LogP contribution >= 0.6 is 22.9 Å². The van der Waals surface area contributed by atoms with Crippen LogP contribution in [0, 0.1) is 0 Å². The topological polar surface area (TPSA) is 86.5 Å². The fourth-order valence-corrected chi connectivity index (χ4v) is 3.35. The minimum absolute atomic E-state index is 0.179. The largest absolute Gasteiger partial charge is 0.447 e. The molecule has 3 N–H and O–H groups in total. The van der Waals surface area contributed by atoms with Crippen LogP contribution in [0.1, 0.15) is 20.9 Å². The van der Waals surface area contributed by atoms with Crippen molar-refractivity contribution in [2.75, 3.05) is 12.8 Å². The number of pyridine rings is 1. The standard InChI is InChI=1S/C19H18ClN3O3S/c1-25-11-13-5-7-16(18(21)23-13)19(24)22-10-15-6-8-17(27-15)26-14-4-2-3-12(20)9-14/h2-9H,10-11H2,1H3,(H2,21,23)(H,22,24). The van der Waals surface area contributed by atoms with Gasteiger partial charge in [0.15, 0.2) is 5.06 Å². The molecular weight excluding hydrogens is 386 g/mol. The molecule has 140 valence electrons. The molecule has 0 bridgehead atoms. The molecular formula is C19H18ClN3O3S. The van der Waals surface area contributed by atoms with E-state index in [9.17, 15) is 4.79 Å². The Bertz CT molecular complexity index is 945. The van der Waals surface area contributed by atoms with Gasteiger partial charge < -0.3 is 20.5 Å². The van der Waals surface area contributed by atoms with Gasteiger partial charge in [-0.2, -0.15) is 0 Å². The van der Waals surface area contributed by atoms with Gasteiger partial charge in [-0.15, -0.1) is 11.3 Å². The molecule has 2 heterocycles.